The van der Waals surface area contributed by atoms with E-state index in [2.05, 4.69) is 10.0 Å². The van der Waals surface area contributed by atoms with Crippen LogP contribution in [0.3, 0.4) is 0 Å². The molecule has 1 heterocycles. The molecule has 1 aromatic rings. The van der Waals surface area contributed by atoms with E-state index in [1.807, 2.05) is 27.0 Å². The number of sulfonamides is 1. The summed E-state index contributed by atoms with van der Waals surface area (Å²) in [5.41, 5.74) is 1.05. The molecule has 1 aliphatic rings. The molecule has 1 aromatic heterocycles. The van der Waals surface area contributed by atoms with Crippen molar-refractivity contribution in [3.8, 4) is 0 Å². The topological polar surface area (TPSA) is 58.2 Å². The summed E-state index contributed by atoms with van der Waals surface area (Å²) < 4.78 is 27.8. The summed E-state index contributed by atoms with van der Waals surface area (Å²) in [6, 6.07) is 2.41. The van der Waals surface area contributed by atoms with E-state index >= 15 is 0 Å². The van der Waals surface area contributed by atoms with Crippen LogP contribution in [0.15, 0.2) is 10.3 Å². The monoisotopic (exact) mass is 348 g/mol. The highest BCUT2D eigenvalue weighted by molar-refractivity contribution is 8.00. The number of thiophene rings is 1. The van der Waals surface area contributed by atoms with Crippen LogP contribution in [0, 0.1) is 6.92 Å². The summed E-state index contributed by atoms with van der Waals surface area (Å²) >= 11 is 3.03. The Kier molecular flexibility index (Phi) is 5.41. The summed E-state index contributed by atoms with van der Waals surface area (Å²) in [6.07, 6.45) is 4.47. The van der Waals surface area contributed by atoms with Crippen LogP contribution in [-0.4, -0.2) is 32.0 Å². The van der Waals surface area contributed by atoms with Crippen LogP contribution in [0.4, 0.5) is 0 Å². The van der Waals surface area contributed by atoms with Gasteiger partial charge in [-0.25, -0.2) is 13.1 Å². The second-order valence-electron chi connectivity index (χ2n) is 6.12. The Hall–Kier alpha value is -0.0800. The lowest BCUT2D eigenvalue weighted by Gasteiger charge is -2.21. The number of aryl methyl sites for hydroxylation is 1. The van der Waals surface area contributed by atoms with E-state index in [-0.39, 0.29) is 4.75 Å². The van der Waals surface area contributed by atoms with Crippen LogP contribution in [0.25, 0.3) is 0 Å². The Morgan fingerprint density at radius 1 is 1.43 bits per heavy atom. The second kappa shape index (κ2) is 6.58. The highest BCUT2D eigenvalue weighted by Crippen LogP contribution is 2.28. The minimum atomic E-state index is -3.40. The molecule has 120 valence electrons. The predicted octanol–water partition coefficient (Wildman–Crippen LogP) is 2.73. The van der Waals surface area contributed by atoms with E-state index in [1.54, 1.807) is 17.8 Å². The zero-order chi connectivity index (χ0) is 15.7. The lowest BCUT2D eigenvalue weighted by atomic mass is 10.2. The van der Waals surface area contributed by atoms with Crippen LogP contribution in [0.2, 0.25) is 0 Å². The molecule has 7 heteroatoms. The van der Waals surface area contributed by atoms with Gasteiger partial charge in [-0.1, -0.05) is 0 Å². The standard InChI is InChI=1S/C14H24N2O2S3/c1-10-7-13(20-12(10)8-15-11-5-6-11)21(17,18)16-9-14(2,3)19-4/h7,11,15-16H,5-6,8-9H2,1-4H3. The summed E-state index contributed by atoms with van der Waals surface area (Å²) in [5, 5.41) is 3.44. The number of hydrogen-bond donors (Lipinski definition) is 2. The molecular formula is C14H24N2O2S3. The van der Waals surface area contributed by atoms with Gasteiger partial charge in [0.1, 0.15) is 4.21 Å². The van der Waals surface area contributed by atoms with Crippen molar-refractivity contribution in [1.82, 2.24) is 10.0 Å². The third kappa shape index (κ3) is 4.96. The first-order chi connectivity index (χ1) is 9.73. The molecule has 21 heavy (non-hydrogen) atoms. The van der Waals surface area contributed by atoms with Crippen LogP contribution in [0.1, 0.15) is 37.1 Å². The Morgan fingerprint density at radius 2 is 2.10 bits per heavy atom. The first kappa shape index (κ1) is 17.3. The Balaban J connectivity index is 2.03. The van der Waals surface area contributed by atoms with Gasteiger partial charge in [-0.3, -0.25) is 0 Å². The smallest absolute Gasteiger partial charge is 0.250 e. The molecule has 1 aliphatic carbocycles. The van der Waals surface area contributed by atoms with Crippen molar-refractivity contribution in [2.45, 2.75) is 55.2 Å². The third-order valence-electron chi connectivity index (χ3n) is 3.63. The maximum Gasteiger partial charge on any atom is 0.250 e. The minimum absolute atomic E-state index is 0.101. The molecule has 2 rings (SSSR count). The zero-order valence-corrected chi connectivity index (χ0v) is 15.5. The van der Waals surface area contributed by atoms with Crippen molar-refractivity contribution in [2.75, 3.05) is 12.8 Å². The number of rotatable bonds is 8. The van der Waals surface area contributed by atoms with Crippen LogP contribution in [0.5, 0.6) is 0 Å². The molecule has 0 aromatic carbocycles. The van der Waals surface area contributed by atoms with Crippen molar-refractivity contribution in [3.63, 3.8) is 0 Å². The average molecular weight is 349 g/mol. The fourth-order valence-electron chi connectivity index (χ4n) is 1.73. The van der Waals surface area contributed by atoms with Crippen LogP contribution in [-0.2, 0) is 16.6 Å². The quantitative estimate of drug-likeness (QED) is 0.758. The van der Waals surface area contributed by atoms with E-state index in [1.165, 1.54) is 24.2 Å². The molecule has 2 N–H and O–H groups in total. The van der Waals surface area contributed by atoms with Crippen molar-refractivity contribution in [1.29, 1.82) is 0 Å². The lowest BCUT2D eigenvalue weighted by Crippen LogP contribution is -2.35. The first-order valence-electron chi connectivity index (χ1n) is 7.11. The first-order valence-corrected chi connectivity index (χ1v) is 10.6. The maximum atomic E-state index is 12.4. The van der Waals surface area contributed by atoms with Gasteiger partial charge in [0.25, 0.3) is 0 Å². The second-order valence-corrected chi connectivity index (χ2v) is 10.8. The Bertz CT molecular complexity index is 589. The van der Waals surface area contributed by atoms with E-state index in [9.17, 15) is 8.42 Å². The van der Waals surface area contributed by atoms with E-state index in [0.29, 0.717) is 16.8 Å². The molecule has 0 atom stereocenters. The van der Waals surface area contributed by atoms with Gasteiger partial charge in [-0.05, 0) is 51.5 Å². The maximum absolute atomic E-state index is 12.4. The molecule has 0 saturated heterocycles. The minimum Gasteiger partial charge on any atom is -0.309 e. The molecule has 0 aliphatic heterocycles. The average Bonchev–Trinajstić information content (AvgIpc) is 3.17. The number of hydrogen-bond acceptors (Lipinski definition) is 5. The van der Waals surface area contributed by atoms with E-state index in [0.717, 1.165) is 17.0 Å². The van der Waals surface area contributed by atoms with Gasteiger partial charge in [-0.2, -0.15) is 11.8 Å². The van der Waals surface area contributed by atoms with E-state index < -0.39 is 10.0 Å². The summed E-state index contributed by atoms with van der Waals surface area (Å²) in [6.45, 7) is 7.25. The molecule has 0 unspecified atom stereocenters. The van der Waals surface area contributed by atoms with Gasteiger partial charge in [0.2, 0.25) is 10.0 Å². The lowest BCUT2D eigenvalue weighted by molar-refractivity contribution is 0.572. The van der Waals surface area contributed by atoms with Crippen molar-refractivity contribution in [3.05, 3.63) is 16.5 Å². The van der Waals surface area contributed by atoms with Crippen LogP contribution >= 0.6 is 23.1 Å². The van der Waals surface area contributed by atoms with Gasteiger partial charge >= 0.3 is 0 Å². The molecule has 0 amide bonds. The fourth-order valence-corrected chi connectivity index (χ4v) is 4.84. The molecule has 1 fully saturated rings. The Morgan fingerprint density at radius 3 is 2.67 bits per heavy atom. The Labute approximate surface area is 136 Å². The SMILES string of the molecule is CSC(C)(C)CNS(=O)(=O)c1cc(C)c(CNC2CC2)s1. The van der Waals surface area contributed by atoms with Gasteiger partial charge in [0.05, 0.1) is 0 Å². The van der Waals surface area contributed by atoms with Crippen molar-refractivity contribution < 1.29 is 8.42 Å². The van der Waals surface area contributed by atoms with Crippen molar-refractivity contribution in [2.24, 2.45) is 0 Å². The van der Waals surface area contributed by atoms with Gasteiger partial charge in [0.15, 0.2) is 0 Å². The van der Waals surface area contributed by atoms with Gasteiger partial charge in [-0.15, -0.1) is 11.3 Å². The molecular weight excluding hydrogens is 324 g/mol. The molecule has 1 saturated carbocycles. The predicted molar refractivity (Wildman–Crippen MR) is 91.7 cm³/mol. The van der Waals surface area contributed by atoms with Crippen LogP contribution < -0.4 is 10.0 Å². The molecule has 0 spiro atoms. The summed E-state index contributed by atoms with van der Waals surface area (Å²) in [7, 11) is -3.40. The highest BCUT2D eigenvalue weighted by Gasteiger charge is 2.24. The summed E-state index contributed by atoms with van der Waals surface area (Å²) in [4.78, 5) is 1.12. The normalized spacial score (nSPS) is 16.4. The molecule has 0 bridgehead atoms. The van der Waals surface area contributed by atoms with Crippen molar-refractivity contribution >= 4 is 33.1 Å². The van der Waals surface area contributed by atoms with Gasteiger partial charge in [0, 0.05) is 28.8 Å². The molecule has 0 radical (unpaired) electrons. The molecule has 4 nitrogen and oxygen atoms in total. The largest absolute Gasteiger partial charge is 0.309 e. The number of nitrogens with one attached hydrogen (secondary N) is 2. The fraction of sp³-hybridized carbons (Fsp3) is 0.714. The number of thioether (sulfide) groups is 1. The summed E-state index contributed by atoms with van der Waals surface area (Å²) in [5.74, 6) is 0. The highest BCUT2D eigenvalue weighted by atomic mass is 32.2. The van der Waals surface area contributed by atoms with E-state index in [4.69, 9.17) is 0 Å². The third-order valence-corrected chi connectivity index (χ3v) is 7.99. The zero-order valence-electron chi connectivity index (χ0n) is 13.0. The van der Waals surface area contributed by atoms with Gasteiger partial charge < -0.3 is 5.32 Å².